The number of aromatic amines is 2. The SMILES string of the molecule is C=Cc1n[nH][nH]c1=O. The maximum atomic E-state index is 10.4. The molecule has 1 aromatic rings. The van der Waals surface area contributed by atoms with Crippen LogP contribution >= 0.6 is 0 Å². The second-order valence-corrected chi connectivity index (χ2v) is 1.27. The Kier molecular flexibility index (Phi) is 0.997. The van der Waals surface area contributed by atoms with Crippen LogP contribution in [-0.2, 0) is 0 Å². The summed E-state index contributed by atoms with van der Waals surface area (Å²) in [7, 11) is 0. The minimum atomic E-state index is -0.236. The van der Waals surface area contributed by atoms with Crippen LogP contribution < -0.4 is 5.56 Å². The normalized spacial score (nSPS) is 9.00. The number of hydrogen-bond donors (Lipinski definition) is 2. The summed E-state index contributed by atoms with van der Waals surface area (Å²) in [6, 6.07) is 0. The molecule has 0 saturated heterocycles. The summed E-state index contributed by atoms with van der Waals surface area (Å²) in [6.07, 6.45) is 1.38. The van der Waals surface area contributed by atoms with Crippen molar-refractivity contribution in [2.45, 2.75) is 0 Å². The Bertz CT molecular complexity index is 233. The molecule has 0 atom stereocenters. The molecule has 0 aliphatic carbocycles. The lowest BCUT2D eigenvalue weighted by molar-refractivity contribution is 0.928. The van der Waals surface area contributed by atoms with Crippen molar-refractivity contribution in [3.63, 3.8) is 0 Å². The van der Waals surface area contributed by atoms with Crippen LogP contribution in [0.4, 0.5) is 0 Å². The van der Waals surface area contributed by atoms with Gasteiger partial charge in [0.1, 0.15) is 0 Å². The summed E-state index contributed by atoms with van der Waals surface area (Å²) in [4.78, 5) is 10.4. The molecule has 0 aliphatic rings. The van der Waals surface area contributed by atoms with Crippen molar-refractivity contribution < 1.29 is 0 Å². The van der Waals surface area contributed by atoms with Crippen molar-refractivity contribution in [1.29, 1.82) is 0 Å². The van der Waals surface area contributed by atoms with Gasteiger partial charge in [-0.05, 0) is 6.08 Å². The predicted octanol–water partition coefficient (Wildman–Crippen LogP) is -0.259. The average Bonchev–Trinajstić information content (AvgIpc) is 2.14. The lowest BCUT2D eigenvalue weighted by atomic mass is 10.5. The van der Waals surface area contributed by atoms with Gasteiger partial charge in [-0.15, -0.1) is 0 Å². The van der Waals surface area contributed by atoms with Gasteiger partial charge in [0.15, 0.2) is 5.69 Å². The van der Waals surface area contributed by atoms with Crippen LogP contribution in [0.2, 0.25) is 0 Å². The maximum absolute atomic E-state index is 10.4. The third-order valence-corrected chi connectivity index (χ3v) is 0.772. The highest BCUT2D eigenvalue weighted by Gasteiger charge is 1.91. The number of nitrogens with zero attached hydrogens (tertiary/aromatic N) is 1. The average molecular weight is 111 g/mol. The van der Waals surface area contributed by atoms with Gasteiger partial charge in [-0.25, -0.2) is 10.3 Å². The smallest absolute Gasteiger partial charge is 0.265 e. The second kappa shape index (κ2) is 1.65. The van der Waals surface area contributed by atoms with Gasteiger partial charge < -0.3 is 0 Å². The molecule has 0 saturated carbocycles. The van der Waals surface area contributed by atoms with Gasteiger partial charge in [-0.1, -0.05) is 6.58 Å². The molecule has 8 heavy (non-hydrogen) atoms. The third kappa shape index (κ3) is 0.556. The molecule has 1 aromatic heterocycles. The van der Waals surface area contributed by atoms with Crippen LogP contribution in [0.25, 0.3) is 6.08 Å². The summed E-state index contributed by atoms with van der Waals surface area (Å²) < 4.78 is 0. The van der Waals surface area contributed by atoms with Crippen LogP contribution in [0.15, 0.2) is 11.4 Å². The Balaban J connectivity index is 3.30. The summed E-state index contributed by atoms with van der Waals surface area (Å²) in [6.45, 7) is 3.36. The topological polar surface area (TPSA) is 61.5 Å². The van der Waals surface area contributed by atoms with Gasteiger partial charge in [-0.2, -0.15) is 5.10 Å². The summed E-state index contributed by atoms with van der Waals surface area (Å²) >= 11 is 0. The molecule has 0 radical (unpaired) electrons. The molecular weight excluding hydrogens is 106 g/mol. The summed E-state index contributed by atoms with van der Waals surface area (Å²) in [5, 5.41) is 8.07. The molecule has 0 aromatic carbocycles. The number of nitrogens with one attached hydrogen (secondary N) is 2. The van der Waals surface area contributed by atoms with E-state index in [2.05, 4.69) is 22.0 Å². The Labute approximate surface area is 45.2 Å². The Morgan fingerprint density at radius 2 is 2.50 bits per heavy atom. The first-order chi connectivity index (χ1) is 3.84. The van der Waals surface area contributed by atoms with Crippen molar-refractivity contribution in [3.8, 4) is 0 Å². The van der Waals surface area contributed by atoms with E-state index >= 15 is 0 Å². The lowest BCUT2D eigenvalue weighted by Crippen LogP contribution is -2.00. The molecular formula is C4H5N3O. The molecule has 0 unspecified atom stereocenters. The molecule has 1 heterocycles. The van der Waals surface area contributed by atoms with E-state index in [4.69, 9.17) is 0 Å². The first-order valence-electron chi connectivity index (χ1n) is 2.10. The van der Waals surface area contributed by atoms with E-state index in [1.807, 2.05) is 0 Å². The van der Waals surface area contributed by atoms with Gasteiger partial charge >= 0.3 is 0 Å². The number of hydrogen-bond acceptors (Lipinski definition) is 2. The molecule has 2 N–H and O–H groups in total. The van der Waals surface area contributed by atoms with E-state index in [1.165, 1.54) is 6.08 Å². The first kappa shape index (κ1) is 4.83. The minimum absolute atomic E-state index is 0.236. The summed E-state index contributed by atoms with van der Waals surface area (Å²) in [5.41, 5.74) is 0.0880. The molecule has 42 valence electrons. The van der Waals surface area contributed by atoms with Gasteiger partial charge in [0.2, 0.25) is 0 Å². The Morgan fingerprint density at radius 3 is 2.75 bits per heavy atom. The molecule has 0 bridgehead atoms. The zero-order valence-corrected chi connectivity index (χ0v) is 4.14. The van der Waals surface area contributed by atoms with Crippen LogP contribution in [0, 0.1) is 0 Å². The Morgan fingerprint density at radius 1 is 1.75 bits per heavy atom. The van der Waals surface area contributed by atoms with Crippen LogP contribution in [0.5, 0.6) is 0 Å². The van der Waals surface area contributed by atoms with E-state index in [0.29, 0.717) is 5.69 Å². The fourth-order valence-corrected chi connectivity index (χ4v) is 0.392. The largest absolute Gasteiger partial charge is 0.291 e. The molecule has 0 fully saturated rings. The number of H-pyrrole nitrogens is 2. The number of aromatic nitrogens is 3. The van der Waals surface area contributed by atoms with Crippen LogP contribution in [0.3, 0.4) is 0 Å². The monoisotopic (exact) mass is 111 g/mol. The Hall–Kier alpha value is -1.32. The van der Waals surface area contributed by atoms with Gasteiger partial charge in [0.25, 0.3) is 5.56 Å². The van der Waals surface area contributed by atoms with Crippen molar-refractivity contribution in [2.24, 2.45) is 0 Å². The fourth-order valence-electron chi connectivity index (χ4n) is 0.392. The molecule has 4 nitrogen and oxygen atoms in total. The highest BCUT2D eigenvalue weighted by Crippen LogP contribution is 1.78. The second-order valence-electron chi connectivity index (χ2n) is 1.27. The molecule has 0 amide bonds. The molecule has 4 heteroatoms. The zero-order valence-electron chi connectivity index (χ0n) is 4.14. The van der Waals surface area contributed by atoms with Gasteiger partial charge in [0.05, 0.1) is 0 Å². The van der Waals surface area contributed by atoms with E-state index in [1.54, 1.807) is 0 Å². The zero-order chi connectivity index (χ0) is 5.98. The quantitative estimate of drug-likeness (QED) is 0.524. The molecule has 0 aliphatic heterocycles. The summed E-state index contributed by atoms with van der Waals surface area (Å²) in [5.74, 6) is 0. The van der Waals surface area contributed by atoms with Crippen molar-refractivity contribution in [1.82, 2.24) is 15.4 Å². The predicted molar refractivity (Wildman–Crippen MR) is 29.3 cm³/mol. The van der Waals surface area contributed by atoms with Crippen molar-refractivity contribution in [3.05, 3.63) is 22.6 Å². The number of rotatable bonds is 1. The highest BCUT2D eigenvalue weighted by atomic mass is 16.1. The van der Waals surface area contributed by atoms with Crippen LogP contribution in [-0.4, -0.2) is 15.4 Å². The minimum Gasteiger partial charge on any atom is -0.265 e. The van der Waals surface area contributed by atoms with E-state index < -0.39 is 0 Å². The molecule has 0 spiro atoms. The van der Waals surface area contributed by atoms with Crippen molar-refractivity contribution >= 4 is 6.08 Å². The molecule has 1 rings (SSSR count). The first-order valence-corrected chi connectivity index (χ1v) is 2.10. The fraction of sp³-hybridized carbons (Fsp3) is 0. The van der Waals surface area contributed by atoms with E-state index in [0.717, 1.165) is 0 Å². The third-order valence-electron chi connectivity index (χ3n) is 0.772. The van der Waals surface area contributed by atoms with Crippen LogP contribution in [0.1, 0.15) is 5.69 Å². The maximum Gasteiger partial charge on any atom is 0.291 e. The van der Waals surface area contributed by atoms with Gasteiger partial charge in [-0.3, -0.25) is 4.79 Å². The standard InChI is InChI=1S/C4H5N3O/c1-2-3-4(8)6-7-5-3/h2H,1H2,(H2,5,6,7,8). The van der Waals surface area contributed by atoms with Gasteiger partial charge in [0, 0.05) is 0 Å². The lowest BCUT2D eigenvalue weighted by Gasteiger charge is -1.67. The van der Waals surface area contributed by atoms with Crippen molar-refractivity contribution in [2.75, 3.05) is 0 Å². The highest BCUT2D eigenvalue weighted by molar-refractivity contribution is 5.38. The van der Waals surface area contributed by atoms with E-state index in [-0.39, 0.29) is 5.56 Å². The van der Waals surface area contributed by atoms with E-state index in [9.17, 15) is 4.79 Å².